The Balaban J connectivity index is 2.16. The molecule has 0 saturated carbocycles. The van der Waals surface area contributed by atoms with E-state index >= 15 is 0 Å². The maximum absolute atomic E-state index is 12.1. The van der Waals surface area contributed by atoms with Crippen LogP contribution in [0, 0.1) is 6.92 Å². The van der Waals surface area contributed by atoms with Gasteiger partial charge in [-0.05, 0) is 41.1 Å². The number of thioether (sulfide) groups is 1. The van der Waals surface area contributed by atoms with Crippen molar-refractivity contribution < 1.29 is 4.79 Å². The SMILES string of the molecule is Cc1cc(C(=O)N2CCCSC2)c(Br)s1. The molecule has 82 valence electrons. The van der Waals surface area contributed by atoms with Crippen molar-refractivity contribution in [2.45, 2.75) is 13.3 Å². The minimum atomic E-state index is 0.165. The molecule has 1 aromatic rings. The average molecular weight is 306 g/mol. The molecule has 0 bridgehead atoms. The molecule has 2 nitrogen and oxygen atoms in total. The van der Waals surface area contributed by atoms with E-state index in [0.717, 1.165) is 28.2 Å². The molecule has 1 fully saturated rings. The number of carbonyl (C=O) groups excluding carboxylic acids is 1. The molecular weight excluding hydrogens is 294 g/mol. The minimum Gasteiger partial charge on any atom is -0.329 e. The second-order valence-corrected chi connectivity index (χ2v) is 7.15. The van der Waals surface area contributed by atoms with Crippen LogP contribution in [0.3, 0.4) is 0 Å². The Morgan fingerprint density at radius 3 is 2.93 bits per heavy atom. The summed E-state index contributed by atoms with van der Waals surface area (Å²) in [6.45, 7) is 2.92. The maximum Gasteiger partial charge on any atom is 0.256 e. The monoisotopic (exact) mass is 305 g/mol. The molecule has 1 aliphatic heterocycles. The van der Waals surface area contributed by atoms with Gasteiger partial charge in [0.25, 0.3) is 5.91 Å². The first-order chi connectivity index (χ1) is 7.18. The van der Waals surface area contributed by atoms with E-state index in [0.29, 0.717) is 0 Å². The van der Waals surface area contributed by atoms with Gasteiger partial charge < -0.3 is 4.90 Å². The number of hydrogen-bond donors (Lipinski definition) is 0. The van der Waals surface area contributed by atoms with E-state index in [9.17, 15) is 4.79 Å². The van der Waals surface area contributed by atoms with Crippen LogP contribution in [0.5, 0.6) is 0 Å². The second-order valence-electron chi connectivity index (χ2n) is 3.50. The van der Waals surface area contributed by atoms with Crippen LogP contribution in [-0.4, -0.2) is 29.0 Å². The molecule has 0 aliphatic carbocycles. The highest BCUT2D eigenvalue weighted by atomic mass is 79.9. The molecular formula is C10H12BrNOS2. The Hall–Kier alpha value is 0.0000000000000000278. The van der Waals surface area contributed by atoms with Crippen molar-refractivity contribution in [1.29, 1.82) is 0 Å². The van der Waals surface area contributed by atoms with Crippen LogP contribution in [0.25, 0.3) is 0 Å². The molecule has 1 aromatic heterocycles. The van der Waals surface area contributed by atoms with Crippen LogP contribution in [0.4, 0.5) is 0 Å². The van der Waals surface area contributed by atoms with Crippen molar-refractivity contribution in [3.8, 4) is 0 Å². The molecule has 2 heterocycles. The predicted octanol–water partition coefficient (Wildman–Crippen LogP) is 3.36. The molecule has 0 unspecified atom stereocenters. The molecule has 0 spiro atoms. The van der Waals surface area contributed by atoms with Crippen molar-refractivity contribution in [3.63, 3.8) is 0 Å². The third-order valence-corrected chi connectivity index (χ3v) is 5.11. The Labute approximate surface area is 106 Å². The molecule has 1 saturated heterocycles. The quantitative estimate of drug-likeness (QED) is 0.793. The van der Waals surface area contributed by atoms with Crippen LogP contribution in [0.1, 0.15) is 21.7 Å². The van der Waals surface area contributed by atoms with E-state index in [4.69, 9.17) is 0 Å². The molecule has 0 radical (unpaired) electrons. The highest BCUT2D eigenvalue weighted by Crippen LogP contribution is 2.29. The van der Waals surface area contributed by atoms with E-state index in [1.807, 2.05) is 29.7 Å². The van der Waals surface area contributed by atoms with E-state index in [1.54, 1.807) is 11.3 Å². The molecule has 0 aromatic carbocycles. The van der Waals surface area contributed by atoms with E-state index in [2.05, 4.69) is 15.9 Å². The summed E-state index contributed by atoms with van der Waals surface area (Å²) >= 11 is 6.90. The normalized spacial score (nSPS) is 16.8. The highest BCUT2D eigenvalue weighted by Gasteiger charge is 2.21. The Morgan fingerprint density at radius 1 is 1.60 bits per heavy atom. The number of hydrogen-bond acceptors (Lipinski definition) is 3. The van der Waals surface area contributed by atoms with Crippen LogP contribution in [0.15, 0.2) is 9.85 Å². The Kier molecular flexibility index (Phi) is 3.74. The van der Waals surface area contributed by atoms with Gasteiger partial charge in [-0.15, -0.1) is 23.1 Å². The highest BCUT2D eigenvalue weighted by molar-refractivity contribution is 9.11. The largest absolute Gasteiger partial charge is 0.329 e. The molecule has 0 atom stereocenters. The summed E-state index contributed by atoms with van der Waals surface area (Å²) < 4.78 is 0.959. The van der Waals surface area contributed by atoms with Crippen molar-refractivity contribution in [3.05, 3.63) is 20.3 Å². The summed E-state index contributed by atoms with van der Waals surface area (Å²) in [4.78, 5) is 15.2. The van der Waals surface area contributed by atoms with Gasteiger partial charge in [-0.25, -0.2) is 0 Å². The van der Waals surface area contributed by atoms with Gasteiger partial charge in [0, 0.05) is 11.4 Å². The summed E-state index contributed by atoms with van der Waals surface area (Å²) in [5.41, 5.74) is 0.819. The lowest BCUT2D eigenvalue weighted by Gasteiger charge is -2.26. The van der Waals surface area contributed by atoms with E-state index in [1.165, 1.54) is 10.6 Å². The number of halogens is 1. The summed E-state index contributed by atoms with van der Waals surface area (Å²) in [5, 5.41) is 0. The molecule has 1 amide bonds. The first-order valence-electron chi connectivity index (χ1n) is 4.81. The van der Waals surface area contributed by atoms with Crippen LogP contribution in [-0.2, 0) is 0 Å². The number of carbonyl (C=O) groups is 1. The van der Waals surface area contributed by atoms with Gasteiger partial charge in [-0.2, -0.15) is 0 Å². The van der Waals surface area contributed by atoms with Gasteiger partial charge in [0.1, 0.15) is 0 Å². The van der Waals surface area contributed by atoms with E-state index in [-0.39, 0.29) is 5.91 Å². The van der Waals surface area contributed by atoms with Gasteiger partial charge in [0.15, 0.2) is 0 Å². The topological polar surface area (TPSA) is 20.3 Å². The number of rotatable bonds is 1. The summed E-state index contributed by atoms with van der Waals surface area (Å²) in [5.74, 6) is 2.17. The third-order valence-electron chi connectivity index (χ3n) is 2.29. The summed E-state index contributed by atoms with van der Waals surface area (Å²) in [6, 6.07) is 1.97. The zero-order chi connectivity index (χ0) is 10.8. The third kappa shape index (κ3) is 2.57. The lowest BCUT2D eigenvalue weighted by Crippen LogP contribution is -2.34. The molecule has 0 N–H and O–H groups in total. The van der Waals surface area contributed by atoms with Crippen LogP contribution in [0.2, 0.25) is 0 Å². The fourth-order valence-corrected chi connectivity index (χ4v) is 4.25. The lowest BCUT2D eigenvalue weighted by molar-refractivity contribution is 0.0782. The Bertz CT molecular complexity index is 371. The van der Waals surface area contributed by atoms with E-state index < -0.39 is 0 Å². The van der Waals surface area contributed by atoms with Crippen molar-refractivity contribution in [1.82, 2.24) is 4.90 Å². The first-order valence-corrected chi connectivity index (χ1v) is 7.58. The number of aryl methyl sites for hydroxylation is 1. The van der Waals surface area contributed by atoms with Crippen molar-refractivity contribution in [2.24, 2.45) is 0 Å². The van der Waals surface area contributed by atoms with Crippen molar-refractivity contribution in [2.75, 3.05) is 18.2 Å². The lowest BCUT2D eigenvalue weighted by atomic mass is 10.2. The number of amides is 1. The molecule has 5 heteroatoms. The molecule has 1 aliphatic rings. The minimum absolute atomic E-state index is 0.165. The van der Waals surface area contributed by atoms with Gasteiger partial charge in [-0.3, -0.25) is 4.79 Å². The summed E-state index contributed by atoms with van der Waals surface area (Å²) in [6.07, 6.45) is 1.11. The molecule has 2 rings (SSSR count). The van der Waals surface area contributed by atoms with Gasteiger partial charge >= 0.3 is 0 Å². The zero-order valence-corrected chi connectivity index (χ0v) is 11.7. The average Bonchev–Trinajstić information content (AvgIpc) is 2.58. The summed E-state index contributed by atoms with van der Waals surface area (Å²) in [7, 11) is 0. The first kappa shape index (κ1) is 11.5. The van der Waals surface area contributed by atoms with Crippen LogP contribution >= 0.6 is 39.0 Å². The number of nitrogens with zero attached hydrogens (tertiary/aromatic N) is 1. The number of thiophene rings is 1. The van der Waals surface area contributed by atoms with Gasteiger partial charge in [-0.1, -0.05) is 0 Å². The zero-order valence-electron chi connectivity index (χ0n) is 8.46. The molecule has 15 heavy (non-hydrogen) atoms. The smallest absolute Gasteiger partial charge is 0.256 e. The predicted molar refractivity (Wildman–Crippen MR) is 69.7 cm³/mol. The van der Waals surface area contributed by atoms with Crippen molar-refractivity contribution >= 4 is 44.9 Å². The van der Waals surface area contributed by atoms with Gasteiger partial charge in [0.05, 0.1) is 15.2 Å². The van der Waals surface area contributed by atoms with Gasteiger partial charge in [0.2, 0.25) is 0 Å². The second kappa shape index (κ2) is 4.89. The van der Waals surface area contributed by atoms with Crippen LogP contribution < -0.4 is 0 Å². The Morgan fingerprint density at radius 2 is 2.40 bits per heavy atom. The fraction of sp³-hybridized carbons (Fsp3) is 0.500. The fourth-order valence-electron chi connectivity index (χ4n) is 1.56. The maximum atomic E-state index is 12.1. The standard InChI is InChI=1S/C10H12BrNOS2/c1-7-5-8(9(11)15-7)10(13)12-3-2-4-14-6-12/h5H,2-4,6H2,1H3.